The fraction of sp³-hybridized carbons (Fsp3) is 0.684. The number of aromatic hydroxyl groups is 2. The molecule has 12 heteroatoms. The van der Waals surface area contributed by atoms with Gasteiger partial charge in [0.15, 0.2) is 24.1 Å². The van der Waals surface area contributed by atoms with Gasteiger partial charge in [-0.25, -0.2) is 0 Å². The second-order valence-electron chi connectivity index (χ2n) is 7.64. The number of rotatable bonds is 8. The highest BCUT2D eigenvalue weighted by Crippen LogP contribution is 2.31. The summed E-state index contributed by atoms with van der Waals surface area (Å²) in [5.41, 5.74) is -1.32. The van der Waals surface area contributed by atoms with Crippen LogP contribution in [0.25, 0.3) is 0 Å². The lowest BCUT2D eigenvalue weighted by Gasteiger charge is -2.42. The van der Waals surface area contributed by atoms with Crippen LogP contribution in [0.1, 0.15) is 5.56 Å². The van der Waals surface area contributed by atoms with Crippen molar-refractivity contribution in [2.24, 2.45) is 0 Å². The number of hydrogen-bond donors (Lipinski definition) is 8. The number of aliphatic hydroxyl groups is 6. The molecule has 8 unspecified atom stereocenters. The molecule has 1 aromatic rings. The molecule has 31 heavy (non-hydrogen) atoms. The topological polar surface area (TPSA) is 199 Å². The second kappa shape index (κ2) is 9.92. The van der Waals surface area contributed by atoms with Crippen LogP contribution in [0.15, 0.2) is 18.2 Å². The van der Waals surface area contributed by atoms with Crippen molar-refractivity contribution < 1.29 is 59.8 Å². The highest BCUT2D eigenvalue weighted by atomic mass is 16.8. The molecule has 3 rings (SSSR count). The van der Waals surface area contributed by atoms with E-state index in [9.17, 15) is 40.9 Å². The first-order valence-corrected chi connectivity index (χ1v) is 9.73. The van der Waals surface area contributed by atoms with Crippen molar-refractivity contribution >= 4 is 0 Å². The maximum atomic E-state index is 10.5. The molecule has 0 radical (unpaired) electrons. The molecule has 0 aliphatic carbocycles. The first-order valence-electron chi connectivity index (χ1n) is 9.73. The normalized spacial score (nSPS) is 38.5. The molecule has 12 nitrogen and oxygen atoms in total. The van der Waals surface area contributed by atoms with E-state index in [2.05, 4.69) is 0 Å². The molecule has 2 aliphatic heterocycles. The zero-order chi connectivity index (χ0) is 22.8. The van der Waals surface area contributed by atoms with Crippen LogP contribution in [-0.2, 0) is 25.4 Å². The molecule has 1 aromatic carbocycles. The Morgan fingerprint density at radius 2 is 1.77 bits per heavy atom. The zero-order valence-corrected chi connectivity index (χ0v) is 16.5. The quantitative estimate of drug-likeness (QED) is 0.187. The van der Waals surface area contributed by atoms with Gasteiger partial charge in [-0.15, -0.1) is 0 Å². The Labute approximate surface area is 177 Å². The third-order valence-corrected chi connectivity index (χ3v) is 5.41. The molecule has 8 atom stereocenters. The van der Waals surface area contributed by atoms with Gasteiger partial charge in [-0.2, -0.15) is 0 Å². The van der Waals surface area contributed by atoms with E-state index in [0.29, 0.717) is 5.56 Å². The van der Waals surface area contributed by atoms with Crippen molar-refractivity contribution in [3.63, 3.8) is 0 Å². The van der Waals surface area contributed by atoms with Gasteiger partial charge in [-0.3, -0.25) is 0 Å². The van der Waals surface area contributed by atoms with E-state index in [1.54, 1.807) is 6.07 Å². The summed E-state index contributed by atoms with van der Waals surface area (Å²) in [4.78, 5) is 0. The molecule has 2 fully saturated rings. The summed E-state index contributed by atoms with van der Waals surface area (Å²) in [5, 5.41) is 78.5. The summed E-state index contributed by atoms with van der Waals surface area (Å²) in [6.45, 7) is -1.81. The number of ether oxygens (including phenoxy) is 4. The average molecular weight is 448 g/mol. The minimum atomic E-state index is -1.95. The van der Waals surface area contributed by atoms with Crippen molar-refractivity contribution in [3.8, 4) is 11.5 Å². The predicted molar refractivity (Wildman–Crippen MR) is 99.8 cm³/mol. The molecular formula is C19H28O12. The van der Waals surface area contributed by atoms with Crippen LogP contribution >= 0.6 is 0 Å². The highest BCUT2D eigenvalue weighted by Gasteiger charge is 2.53. The Balaban J connectivity index is 1.67. The SMILES string of the molecule is OCC1OC(OCCc2ccc(O)c(O)c2)C(OC2OCC(O)(CO)C2O)C(O)C1O. The van der Waals surface area contributed by atoms with Crippen LogP contribution < -0.4 is 0 Å². The molecule has 2 saturated heterocycles. The Morgan fingerprint density at radius 1 is 1.03 bits per heavy atom. The van der Waals surface area contributed by atoms with Gasteiger partial charge in [0.05, 0.1) is 26.4 Å². The Kier molecular flexibility index (Phi) is 7.70. The third kappa shape index (κ3) is 5.09. The molecule has 0 amide bonds. The van der Waals surface area contributed by atoms with Gasteiger partial charge in [-0.05, 0) is 24.1 Å². The standard InChI is InChI=1S/C19H28O12/c20-6-12-13(24)14(25)15(31-18-16(26)19(27,7-21)8-29-18)17(30-12)28-4-3-9-1-2-10(22)11(23)5-9/h1-2,5,12-18,20-27H,3-4,6-8H2. The van der Waals surface area contributed by atoms with E-state index in [0.717, 1.165) is 0 Å². The van der Waals surface area contributed by atoms with Gasteiger partial charge < -0.3 is 59.8 Å². The highest BCUT2D eigenvalue weighted by molar-refractivity contribution is 5.40. The van der Waals surface area contributed by atoms with Crippen LogP contribution in [-0.4, -0.2) is 116 Å². The van der Waals surface area contributed by atoms with Gasteiger partial charge in [0.1, 0.15) is 36.1 Å². The molecular weight excluding hydrogens is 420 g/mol. The molecule has 0 aromatic heterocycles. The van der Waals surface area contributed by atoms with Crippen molar-refractivity contribution in [2.75, 3.05) is 26.4 Å². The van der Waals surface area contributed by atoms with Crippen molar-refractivity contribution in [2.45, 2.75) is 55.1 Å². The van der Waals surface area contributed by atoms with Crippen LogP contribution in [0.3, 0.4) is 0 Å². The zero-order valence-electron chi connectivity index (χ0n) is 16.5. The molecule has 176 valence electrons. The molecule has 0 spiro atoms. The predicted octanol–water partition coefficient (Wildman–Crippen LogP) is -3.08. The molecule has 2 heterocycles. The number of aliphatic hydroxyl groups excluding tert-OH is 5. The van der Waals surface area contributed by atoms with Crippen molar-refractivity contribution in [1.82, 2.24) is 0 Å². The molecule has 0 saturated carbocycles. The lowest BCUT2D eigenvalue weighted by atomic mass is 9.98. The van der Waals surface area contributed by atoms with E-state index in [-0.39, 0.29) is 24.5 Å². The fourth-order valence-corrected chi connectivity index (χ4v) is 3.42. The number of benzene rings is 1. The van der Waals surface area contributed by atoms with Crippen molar-refractivity contribution in [3.05, 3.63) is 23.8 Å². The third-order valence-electron chi connectivity index (χ3n) is 5.41. The average Bonchev–Trinajstić information content (AvgIpc) is 3.04. The minimum Gasteiger partial charge on any atom is -0.504 e. The Bertz CT molecular complexity index is 732. The second-order valence-corrected chi connectivity index (χ2v) is 7.64. The first-order chi connectivity index (χ1) is 14.7. The minimum absolute atomic E-state index is 0.00433. The lowest BCUT2D eigenvalue weighted by molar-refractivity contribution is -0.335. The largest absolute Gasteiger partial charge is 0.504 e. The maximum Gasteiger partial charge on any atom is 0.187 e. The fourth-order valence-electron chi connectivity index (χ4n) is 3.42. The van der Waals surface area contributed by atoms with Gasteiger partial charge in [-0.1, -0.05) is 6.07 Å². The van der Waals surface area contributed by atoms with E-state index >= 15 is 0 Å². The van der Waals surface area contributed by atoms with Gasteiger partial charge in [0.25, 0.3) is 0 Å². The van der Waals surface area contributed by atoms with Crippen LogP contribution in [0.2, 0.25) is 0 Å². The summed E-state index contributed by atoms with van der Waals surface area (Å²) in [7, 11) is 0. The summed E-state index contributed by atoms with van der Waals surface area (Å²) < 4.78 is 21.8. The number of phenols is 2. The van der Waals surface area contributed by atoms with E-state index < -0.39 is 68.5 Å². The number of hydrogen-bond acceptors (Lipinski definition) is 12. The summed E-state index contributed by atoms with van der Waals surface area (Å²) in [6.07, 6.45) is -9.76. The first kappa shape index (κ1) is 24.1. The van der Waals surface area contributed by atoms with E-state index in [1.807, 2.05) is 0 Å². The van der Waals surface area contributed by atoms with Crippen LogP contribution in [0.4, 0.5) is 0 Å². The number of phenolic OH excluding ortho intramolecular Hbond substituents is 2. The molecule has 0 bridgehead atoms. The van der Waals surface area contributed by atoms with Crippen molar-refractivity contribution in [1.29, 1.82) is 0 Å². The Morgan fingerprint density at radius 3 is 2.39 bits per heavy atom. The van der Waals surface area contributed by atoms with Gasteiger partial charge >= 0.3 is 0 Å². The van der Waals surface area contributed by atoms with Gasteiger partial charge in [0, 0.05) is 0 Å². The van der Waals surface area contributed by atoms with Gasteiger partial charge in [0.2, 0.25) is 0 Å². The summed E-state index contributed by atoms with van der Waals surface area (Å²) >= 11 is 0. The van der Waals surface area contributed by atoms with Crippen LogP contribution in [0.5, 0.6) is 11.5 Å². The van der Waals surface area contributed by atoms with Crippen LogP contribution in [0, 0.1) is 0 Å². The molecule has 8 N–H and O–H groups in total. The smallest absolute Gasteiger partial charge is 0.187 e. The molecule has 2 aliphatic rings. The van der Waals surface area contributed by atoms with E-state index in [1.165, 1.54) is 12.1 Å². The monoisotopic (exact) mass is 448 g/mol. The summed E-state index contributed by atoms with van der Waals surface area (Å²) in [6, 6.07) is 4.24. The summed E-state index contributed by atoms with van der Waals surface area (Å²) in [5.74, 6) is -0.565. The Hall–Kier alpha value is -1.58. The maximum absolute atomic E-state index is 10.5. The lowest BCUT2D eigenvalue weighted by Crippen LogP contribution is -2.61. The van der Waals surface area contributed by atoms with E-state index in [4.69, 9.17) is 18.9 Å².